The minimum absolute atomic E-state index is 0.357. The Labute approximate surface area is 91.5 Å². The van der Waals surface area contributed by atoms with Crippen LogP contribution in [-0.2, 0) is 0 Å². The van der Waals surface area contributed by atoms with Crippen LogP contribution in [0.1, 0.15) is 17.2 Å². The summed E-state index contributed by atoms with van der Waals surface area (Å²) in [7, 11) is 0. The number of rotatable bonds is 2. The molecule has 1 unspecified atom stereocenters. The second-order valence-electron chi connectivity index (χ2n) is 3.20. The number of nitrogens with two attached hydrogens (primary N) is 1. The molecule has 1 aromatic carbocycles. The minimum Gasteiger partial charge on any atom is -0.472 e. The average molecular weight is 226 g/mol. The van der Waals surface area contributed by atoms with Gasteiger partial charge in [0, 0.05) is 16.1 Å². The zero-order chi connectivity index (χ0) is 10.8. The quantitative estimate of drug-likeness (QED) is 0.853. The first kappa shape index (κ1) is 10.2. The molecule has 4 heteroatoms. The Morgan fingerprint density at radius 1 is 1.33 bits per heavy atom. The molecule has 0 spiro atoms. The zero-order valence-corrected chi connectivity index (χ0v) is 8.54. The van der Waals surface area contributed by atoms with Crippen LogP contribution in [0.2, 0.25) is 5.02 Å². The lowest BCUT2D eigenvalue weighted by Gasteiger charge is -2.10. The van der Waals surface area contributed by atoms with Gasteiger partial charge in [-0.2, -0.15) is 0 Å². The Balaban J connectivity index is 2.38. The van der Waals surface area contributed by atoms with Gasteiger partial charge >= 0.3 is 0 Å². The molecule has 2 N–H and O–H groups in total. The van der Waals surface area contributed by atoms with Crippen molar-refractivity contribution in [3.63, 3.8) is 0 Å². The Morgan fingerprint density at radius 3 is 2.73 bits per heavy atom. The number of furan rings is 1. The van der Waals surface area contributed by atoms with E-state index in [1.165, 1.54) is 18.6 Å². The van der Waals surface area contributed by atoms with Gasteiger partial charge in [0.2, 0.25) is 0 Å². The third-order valence-electron chi connectivity index (χ3n) is 2.20. The van der Waals surface area contributed by atoms with E-state index in [1.54, 1.807) is 18.2 Å². The highest BCUT2D eigenvalue weighted by molar-refractivity contribution is 6.30. The van der Waals surface area contributed by atoms with Gasteiger partial charge in [0.1, 0.15) is 5.82 Å². The largest absolute Gasteiger partial charge is 0.472 e. The zero-order valence-electron chi connectivity index (χ0n) is 7.78. The van der Waals surface area contributed by atoms with Crippen molar-refractivity contribution in [2.75, 3.05) is 0 Å². The molecule has 0 aliphatic heterocycles. The molecule has 2 nitrogen and oxygen atoms in total. The molecule has 0 saturated heterocycles. The van der Waals surface area contributed by atoms with E-state index < -0.39 is 11.9 Å². The summed E-state index contributed by atoms with van der Waals surface area (Å²) in [6.45, 7) is 0. The molecule has 1 heterocycles. The topological polar surface area (TPSA) is 39.2 Å². The monoisotopic (exact) mass is 225 g/mol. The first-order chi connectivity index (χ1) is 7.18. The maximum atomic E-state index is 13.5. The number of halogens is 2. The van der Waals surface area contributed by atoms with Crippen LogP contribution in [0.25, 0.3) is 0 Å². The highest BCUT2D eigenvalue weighted by Gasteiger charge is 2.14. The molecular weight excluding hydrogens is 217 g/mol. The Kier molecular flexibility index (Phi) is 2.75. The normalized spacial score (nSPS) is 12.7. The lowest BCUT2D eigenvalue weighted by molar-refractivity contribution is 0.559. The number of benzene rings is 1. The molecule has 1 aromatic heterocycles. The van der Waals surface area contributed by atoms with Crippen LogP contribution in [0.15, 0.2) is 41.2 Å². The Hall–Kier alpha value is -1.32. The van der Waals surface area contributed by atoms with E-state index in [1.807, 2.05) is 0 Å². The molecule has 0 aliphatic rings. The SMILES string of the molecule is NC(c1ccoc1)c1ccc(Cl)cc1F. The molecule has 0 amide bonds. The predicted molar refractivity (Wildman–Crippen MR) is 56.1 cm³/mol. The van der Waals surface area contributed by atoms with Crippen LogP contribution in [-0.4, -0.2) is 0 Å². The Morgan fingerprint density at radius 2 is 2.13 bits per heavy atom. The van der Waals surface area contributed by atoms with E-state index in [-0.39, 0.29) is 0 Å². The maximum absolute atomic E-state index is 13.5. The molecule has 78 valence electrons. The van der Waals surface area contributed by atoms with Crippen LogP contribution in [0, 0.1) is 5.82 Å². The summed E-state index contributed by atoms with van der Waals surface area (Å²) in [6, 6.07) is 5.62. The molecule has 2 rings (SSSR count). The lowest BCUT2D eigenvalue weighted by Crippen LogP contribution is -2.12. The smallest absolute Gasteiger partial charge is 0.129 e. The summed E-state index contributed by atoms with van der Waals surface area (Å²) in [5.41, 5.74) is 7.00. The minimum atomic E-state index is -0.527. The number of hydrogen-bond acceptors (Lipinski definition) is 2. The van der Waals surface area contributed by atoms with Crippen molar-refractivity contribution < 1.29 is 8.81 Å². The van der Waals surface area contributed by atoms with Crippen molar-refractivity contribution in [3.05, 3.63) is 58.8 Å². The van der Waals surface area contributed by atoms with Gasteiger partial charge in [-0.05, 0) is 18.2 Å². The van der Waals surface area contributed by atoms with Crippen molar-refractivity contribution in [2.24, 2.45) is 5.73 Å². The van der Waals surface area contributed by atoms with Crippen molar-refractivity contribution in [2.45, 2.75) is 6.04 Å². The van der Waals surface area contributed by atoms with Gasteiger partial charge < -0.3 is 10.2 Å². The standard InChI is InChI=1S/C11H9ClFNO/c12-8-1-2-9(10(13)5-8)11(14)7-3-4-15-6-7/h1-6,11H,14H2. The summed E-state index contributed by atoms with van der Waals surface area (Å²) in [5.74, 6) is -0.406. The lowest BCUT2D eigenvalue weighted by atomic mass is 10.0. The summed E-state index contributed by atoms with van der Waals surface area (Å²) < 4.78 is 18.4. The molecule has 0 radical (unpaired) electrons. The molecule has 2 aromatic rings. The van der Waals surface area contributed by atoms with Crippen LogP contribution in [0.5, 0.6) is 0 Å². The van der Waals surface area contributed by atoms with E-state index >= 15 is 0 Å². The van der Waals surface area contributed by atoms with Gasteiger partial charge in [-0.25, -0.2) is 4.39 Å². The average Bonchev–Trinajstić information content (AvgIpc) is 2.69. The fourth-order valence-electron chi connectivity index (χ4n) is 1.39. The number of hydrogen-bond donors (Lipinski definition) is 1. The summed E-state index contributed by atoms with van der Waals surface area (Å²) in [6.07, 6.45) is 3.00. The molecule has 0 aliphatic carbocycles. The van der Waals surface area contributed by atoms with Crippen LogP contribution in [0.4, 0.5) is 4.39 Å². The molecule has 1 atom stereocenters. The van der Waals surface area contributed by atoms with Gasteiger partial charge in [-0.1, -0.05) is 17.7 Å². The molecular formula is C11H9ClFNO. The van der Waals surface area contributed by atoms with Crippen LogP contribution < -0.4 is 5.73 Å². The molecule has 15 heavy (non-hydrogen) atoms. The third kappa shape index (κ3) is 2.03. The van der Waals surface area contributed by atoms with Gasteiger partial charge in [-0.15, -0.1) is 0 Å². The van der Waals surface area contributed by atoms with Crippen molar-refractivity contribution in [1.29, 1.82) is 0 Å². The van der Waals surface area contributed by atoms with E-state index in [4.69, 9.17) is 21.8 Å². The highest BCUT2D eigenvalue weighted by Crippen LogP contribution is 2.24. The maximum Gasteiger partial charge on any atom is 0.129 e. The first-order valence-electron chi connectivity index (χ1n) is 4.41. The summed E-state index contributed by atoms with van der Waals surface area (Å²) in [5, 5.41) is 0.357. The van der Waals surface area contributed by atoms with Gasteiger partial charge in [0.05, 0.1) is 18.6 Å². The van der Waals surface area contributed by atoms with E-state index in [2.05, 4.69) is 0 Å². The van der Waals surface area contributed by atoms with Crippen LogP contribution in [0.3, 0.4) is 0 Å². The van der Waals surface area contributed by atoms with Crippen molar-refractivity contribution in [3.8, 4) is 0 Å². The fraction of sp³-hybridized carbons (Fsp3) is 0.0909. The third-order valence-corrected chi connectivity index (χ3v) is 2.43. The predicted octanol–water partition coefficient (Wildman–Crippen LogP) is 3.12. The molecule has 0 saturated carbocycles. The van der Waals surface area contributed by atoms with Crippen molar-refractivity contribution >= 4 is 11.6 Å². The van der Waals surface area contributed by atoms with E-state index in [0.717, 1.165) is 5.56 Å². The van der Waals surface area contributed by atoms with Crippen LogP contribution >= 0.6 is 11.6 Å². The van der Waals surface area contributed by atoms with Gasteiger partial charge in [-0.3, -0.25) is 0 Å². The summed E-state index contributed by atoms with van der Waals surface area (Å²) in [4.78, 5) is 0. The summed E-state index contributed by atoms with van der Waals surface area (Å²) >= 11 is 5.65. The van der Waals surface area contributed by atoms with Gasteiger partial charge in [0.25, 0.3) is 0 Å². The van der Waals surface area contributed by atoms with E-state index in [9.17, 15) is 4.39 Å². The Bertz CT molecular complexity index is 456. The van der Waals surface area contributed by atoms with E-state index in [0.29, 0.717) is 10.6 Å². The second-order valence-corrected chi connectivity index (χ2v) is 3.64. The molecule has 0 fully saturated rings. The fourth-order valence-corrected chi connectivity index (χ4v) is 1.54. The first-order valence-corrected chi connectivity index (χ1v) is 4.79. The van der Waals surface area contributed by atoms with Gasteiger partial charge in [0.15, 0.2) is 0 Å². The van der Waals surface area contributed by atoms with Crippen molar-refractivity contribution in [1.82, 2.24) is 0 Å². The second kappa shape index (κ2) is 4.04. The highest BCUT2D eigenvalue weighted by atomic mass is 35.5. The molecule has 0 bridgehead atoms.